The molecule has 22 heavy (non-hydrogen) atoms. The van der Waals surface area contributed by atoms with Crippen LogP contribution in [0.25, 0.3) is 11.3 Å². The summed E-state index contributed by atoms with van der Waals surface area (Å²) >= 11 is 0. The van der Waals surface area contributed by atoms with Crippen LogP contribution in [0.2, 0.25) is 0 Å². The number of carboxylic acids is 1. The smallest absolute Gasteiger partial charge is 0.353 e. The Kier molecular flexibility index (Phi) is 4.50. The zero-order chi connectivity index (χ0) is 15.4. The molecule has 1 aliphatic heterocycles. The fraction of sp³-hybridized carbons (Fsp3) is 0.375. The topological polar surface area (TPSA) is 78.4 Å². The van der Waals surface area contributed by atoms with Crippen molar-refractivity contribution in [2.24, 2.45) is 0 Å². The molecule has 1 aromatic heterocycles. The van der Waals surface area contributed by atoms with Crippen LogP contribution >= 0.6 is 0 Å². The van der Waals surface area contributed by atoms with E-state index in [0.29, 0.717) is 5.69 Å². The summed E-state index contributed by atoms with van der Waals surface area (Å²) in [4.78, 5) is 13.3. The van der Waals surface area contributed by atoms with Crippen molar-refractivity contribution >= 4 is 5.97 Å². The molecule has 6 nitrogen and oxygen atoms in total. The molecule has 0 atom stereocenters. The molecule has 0 amide bonds. The number of carboxylic acid groups (broad SMARTS) is 1. The molecule has 0 unspecified atom stereocenters. The number of H-pyrrole nitrogens is 1. The quantitative estimate of drug-likeness (QED) is 0.878. The van der Waals surface area contributed by atoms with E-state index >= 15 is 0 Å². The number of aromatic amines is 1. The first-order chi connectivity index (χ1) is 10.7. The molecule has 1 fully saturated rings. The van der Waals surface area contributed by atoms with Crippen LogP contribution in [0.5, 0.6) is 0 Å². The van der Waals surface area contributed by atoms with Crippen LogP contribution in [0.3, 0.4) is 0 Å². The lowest BCUT2D eigenvalue weighted by atomic mass is 10.1. The summed E-state index contributed by atoms with van der Waals surface area (Å²) in [5.41, 5.74) is 2.94. The van der Waals surface area contributed by atoms with Gasteiger partial charge < -0.3 is 9.84 Å². The molecule has 1 aliphatic rings. The Morgan fingerprint density at radius 2 is 2.00 bits per heavy atom. The number of ether oxygens (including phenoxy) is 1. The molecule has 2 aromatic rings. The number of carbonyl (C=O) groups is 1. The van der Waals surface area contributed by atoms with E-state index in [9.17, 15) is 4.79 Å². The van der Waals surface area contributed by atoms with Crippen LogP contribution in [0.4, 0.5) is 0 Å². The fourth-order valence-electron chi connectivity index (χ4n) is 2.53. The zero-order valence-electron chi connectivity index (χ0n) is 12.3. The van der Waals surface area contributed by atoms with E-state index in [-0.39, 0.29) is 5.69 Å². The molecule has 0 bridgehead atoms. The second-order valence-electron chi connectivity index (χ2n) is 5.37. The Morgan fingerprint density at radius 1 is 1.27 bits per heavy atom. The van der Waals surface area contributed by atoms with Gasteiger partial charge >= 0.3 is 5.97 Å². The molecule has 1 aromatic carbocycles. The Morgan fingerprint density at radius 3 is 2.64 bits per heavy atom. The molecule has 3 rings (SSSR count). The van der Waals surface area contributed by atoms with Crippen molar-refractivity contribution in [2.45, 2.75) is 6.42 Å². The van der Waals surface area contributed by atoms with Crippen molar-refractivity contribution < 1.29 is 14.6 Å². The zero-order valence-corrected chi connectivity index (χ0v) is 12.3. The lowest BCUT2D eigenvalue weighted by molar-refractivity contribution is 0.0384. The van der Waals surface area contributed by atoms with Gasteiger partial charge in [-0.2, -0.15) is 5.10 Å². The molecule has 0 radical (unpaired) electrons. The maximum atomic E-state index is 10.9. The predicted octanol–water partition coefficient (Wildman–Crippen LogP) is 1.65. The first-order valence-corrected chi connectivity index (χ1v) is 7.40. The van der Waals surface area contributed by atoms with Crippen LogP contribution in [0, 0.1) is 0 Å². The van der Waals surface area contributed by atoms with E-state index in [1.54, 1.807) is 6.07 Å². The summed E-state index contributed by atoms with van der Waals surface area (Å²) < 4.78 is 5.34. The van der Waals surface area contributed by atoms with E-state index in [2.05, 4.69) is 27.2 Å². The van der Waals surface area contributed by atoms with Crippen molar-refractivity contribution in [3.05, 3.63) is 41.6 Å². The van der Waals surface area contributed by atoms with E-state index < -0.39 is 5.97 Å². The molecule has 6 heteroatoms. The van der Waals surface area contributed by atoms with Crippen molar-refractivity contribution in [1.29, 1.82) is 0 Å². The average molecular weight is 301 g/mol. The fourth-order valence-corrected chi connectivity index (χ4v) is 2.53. The number of hydrogen-bond acceptors (Lipinski definition) is 4. The molecule has 116 valence electrons. The van der Waals surface area contributed by atoms with Gasteiger partial charge in [-0.1, -0.05) is 24.3 Å². The highest BCUT2D eigenvalue weighted by molar-refractivity contribution is 5.86. The van der Waals surface area contributed by atoms with Crippen LogP contribution < -0.4 is 0 Å². The summed E-state index contributed by atoms with van der Waals surface area (Å²) in [5.74, 6) is -0.999. The summed E-state index contributed by atoms with van der Waals surface area (Å²) in [7, 11) is 0. The standard InChI is InChI=1S/C16H19N3O3/c20-16(21)15-11-14(17-18-15)13-3-1-12(2-4-13)5-6-19-7-9-22-10-8-19/h1-4,11H,5-10H2,(H,17,18)(H,20,21). The van der Waals surface area contributed by atoms with E-state index in [1.165, 1.54) is 5.56 Å². The van der Waals surface area contributed by atoms with Crippen molar-refractivity contribution in [3.8, 4) is 11.3 Å². The Labute approximate surface area is 128 Å². The van der Waals surface area contributed by atoms with E-state index in [1.807, 2.05) is 12.1 Å². The van der Waals surface area contributed by atoms with Gasteiger partial charge in [0.2, 0.25) is 0 Å². The third-order valence-electron chi connectivity index (χ3n) is 3.88. The highest BCUT2D eigenvalue weighted by atomic mass is 16.5. The third-order valence-corrected chi connectivity index (χ3v) is 3.88. The van der Waals surface area contributed by atoms with Gasteiger partial charge in [-0.3, -0.25) is 10.00 Å². The maximum absolute atomic E-state index is 10.9. The summed E-state index contributed by atoms with van der Waals surface area (Å²) in [6.07, 6.45) is 1.00. The molecular formula is C16H19N3O3. The van der Waals surface area contributed by atoms with Gasteiger partial charge in [0.05, 0.1) is 18.9 Å². The number of nitrogens with one attached hydrogen (secondary N) is 1. The Bertz CT molecular complexity index is 630. The molecule has 0 saturated carbocycles. The van der Waals surface area contributed by atoms with Gasteiger partial charge in [0.25, 0.3) is 0 Å². The summed E-state index contributed by atoms with van der Waals surface area (Å²) in [5, 5.41) is 15.4. The molecule has 0 aliphatic carbocycles. The summed E-state index contributed by atoms with van der Waals surface area (Å²) in [6, 6.07) is 9.66. The van der Waals surface area contributed by atoms with Crippen molar-refractivity contribution in [2.75, 3.05) is 32.8 Å². The molecule has 2 N–H and O–H groups in total. The number of benzene rings is 1. The minimum absolute atomic E-state index is 0.103. The van der Waals surface area contributed by atoms with Crippen LogP contribution in [-0.4, -0.2) is 59.0 Å². The Balaban J connectivity index is 1.60. The van der Waals surface area contributed by atoms with Gasteiger partial charge in [-0.15, -0.1) is 0 Å². The largest absolute Gasteiger partial charge is 0.477 e. The second kappa shape index (κ2) is 6.72. The minimum Gasteiger partial charge on any atom is -0.477 e. The number of hydrogen-bond donors (Lipinski definition) is 2. The first-order valence-electron chi connectivity index (χ1n) is 7.40. The monoisotopic (exact) mass is 301 g/mol. The lowest BCUT2D eigenvalue weighted by Crippen LogP contribution is -2.37. The van der Waals surface area contributed by atoms with Gasteiger partial charge in [0, 0.05) is 25.2 Å². The molecule has 2 heterocycles. The lowest BCUT2D eigenvalue weighted by Gasteiger charge is -2.26. The molecule has 1 saturated heterocycles. The van der Waals surface area contributed by atoms with Gasteiger partial charge in [-0.05, 0) is 18.1 Å². The van der Waals surface area contributed by atoms with Gasteiger partial charge in [0.1, 0.15) is 5.69 Å². The number of aromatic carboxylic acids is 1. The predicted molar refractivity (Wildman–Crippen MR) is 81.9 cm³/mol. The third kappa shape index (κ3) is 3.52. The van der Waals surface area contributed by atoms with Gasteiger partial charge in [-0.25, -0.2) is 4.79 Å². The summed E-state index contributed by atoms with van der Waals surface area (Å²) in [6.45, 7) is 4.69. The van der Waals surface area contributed by atoms with Crippen LogP contribution in [0.15, 0.2) is 30.3 Å². The van der Waals surface area contributed by atoms with Crippen LogP contribution in [0.1, 0.15) is 16.1 Å². The highest BCUT2D eigenvalue weighted by Gasteiger charge is 2.11. The SMILES string of the molecule is O=C(O)c1cc(-c2ccc(CCN3CCOCC3)cc2)n[nH]1. The number of aromatic nitrogens is 2. The van der Waals surface area contributed by atoms with E-state index in [4.69, 9.17) is 9.84 Å². The molecule has 0 spiro atoms. The highest BCUT2D eigenvalue weighted by Crippen LogP contribution is 2.18. The van der Waals surface area contributed by atoms with Gasteiger partial charge in [0.15, 0.2) is 0 Å². The minimum atomic E-state index is -0.999. The first kappa shape index (κ1) is 14.7. The average Bonchev–Trinajstić information content (AvgIpc) is 3.05. The van der Waals surface area contributed by atoms with Crippen LogP contribution in [-0.2, 0) is 11.2 Å². The Hall–Kier alpha value is -2.18. The number of rotatable bonds is 5. The van der Waals surface area contributed by atoms with Crippen molar-refractivity contribution in [1.82, 2.24) is 15.1 Å². The van der Waals surface area contributed by atoms with E-state index in [0.717, 1.165) is 44.8 Å². The normalized spacial score (nSPS) is 15.8. The maximum Gasteiger partial charge on any atom is 0.353 e. The molecular weight excluding hydrogens is 282 g/mol. The second-order valence-corrected chi connectivity index (χ2v) is 5.37. The number of nitrogens with zero attached hydrogens (tertiary/aromatic N) is 2. The number of morpholine rings is 1. The van der Waals surface area contributed by atoms with Crippen molar-refractivity contribution in [3.63, 3.8) is 0 Å².